The summed E-state index contributed by atoms with van der Waals surface area (Å²) in [6, 6.07) is 9.31. The van der Waals surface area contributed by atoms with Gasteiger partial charge in [0.2, 0.25) is 5.76 Å². The van der Waals surface area contributed by atoms with E-state index in [1.165, 1.54) is 4.90 Å². The molecule has 0 unspecified atom stereocenters. The van der Waals surface area contributed by atoms with Crippen LogP contribution in [0.5, 0.6) is 0 Å². The lowest BCUT2D eigenvalue weighted by Crippen LogP contribution is -2.54. The van der Waals surface area contributed by atoms with E-state index in [9.17, 15) is 14.4 Å². The molecule has 3 amide bonds. The van der Waals surface area contributed by atoms with Crippen molar-refractivity contribution in [2.45, 2.75) is 26.8 Å². The Morgan fingerprint density at radius 3 is 2.25 bits per heavy atom. The Bertz CT molecular complexity index is 865. The number of nitrogens with one attached hydrogen (secondary N) is 1. The van der Waals surface area contributed by atoms with Crippen molar-refractivity contribution >= 4 is 17.7 Å². The van der Waals surface area contributed by atoms with Crippen molar-refractivity contribution in [3.63, 3.8) is 0 Å². The van der Waals surface area contributed by atoms with E-state index in [0.29, 0.717) is 31.9 Å². The van der Waals surface area contributed by atoms with E-state index in [0.717, 1.165) is 11.1 Å². The van der Waals surface area contributed by atoms with Crippen LogP contribution in [0.1, 0.15) is 30.0 Å². The van der Waals surface area contributed by atoms with E-state index < -0.39 is 11.8 Å². The van der Waals surface area contributed by atoms with Gasteiger partial charge in [-0.3, -0.25) is 14.4 Å². The predicted molar refractivity (Wildman–Crippen MR) is 102 cm³/mol. The summed E-state index contributed by atoms with van der Waals surface area (Å²) in [7, 11) is 0. The number of aryl methyl sites for hydroxylation is 1. The Morgan fingerprint density at radius 1 is 1.04 bits per heavy atom. The molecule has 1 aliphatic rings. The number of hydrogen-bond donors (Lipinski definition) is 1. The molecule has 0 aliphatic carbocycles. The number of amides is 3. The molecule has 148 valence electrons. The van der Waals surface area contributed by atoms with Crippen LogP contribution >= 0.6 is 0 Å². The first-order chi connectivity index (χ1) is 13.3. The highest BCUT2D eigenvalue weighted by molar-refractivity contribution is 6.35. The van der Waals surface area contributed by atoms with Gasteiger partial charge in [-0.25, -0.2) is 0 Å². The number of benzene rings is 1. The Balaban J connectivity index is 1.59. The van der Waals surface area contributed by atoms with Gasteiger partial charge in [0.15, 0.2) is 0 Å². The van der Waals surface area contributed by atoms with Crippen LogP contribution < -0.4 is 5.32 Å². The topological polar surface area (TPSA) is 95.8 Å². The molecule has 2 aromatic rings. The number of carbonyl (C=O) groups excluding carboxylic acids is 3. The van der Waals surface area contributed by atoms with Gasteiger partial charge in [-0.2, -0.15) is 0 Å². The first kappa shape index (κ1) is 19.6. The van der Waals surface area contributed by atoms with Crippen LogP contribution in [0.25, 0.3) is 11.3 Å². The van der Waals surface area contributed by atoms with Crippen molar-refractivity contribution in [3.05, 3.63) is 41.7 Å². The van der Waals surface area contributed by atoms with Crippen molar-refractivity contribution < 1.29 is 18.9 Å². The van der Waals surface area contributed by atoms with Crippen LogP contribution in [-0.2, 0) is 9.59 Å². The van der Waals surface area contributed by atoms with Crippen molar-refractivity contribution in [1.82, 2.24) is 20.3 Å². The number of carbonyl (C=O) groups is 3. The van der Waals surface area contributed by atoms with Gasteiger partial charge in [-0.05, 0) is 20.8 Å². The SMILES string of the molecule is Cc1ccc(-c2cc(C(=O)N3CCN(C(=O)C(=O)NC(C)C)CC3)on2)cc1. The smallest absolute Gasteiger partial charge is 0.312 e. The van der Waals surface area contributed by atoms with E-state index in [4.69, 9.17) is 4.52 Å². The van der Waals surface area contributed by atoms with Crippen molar-refractivity contribution in [1.29, 1.82) is 0 Å². The highest BCUT2D eigenvalue weighted by atomic mass is 16.5. The molecule has 0 saturated carbocycles. The quantitative estimate of drug-likeness (QED) is 0.809. The zero-order chi connectivity index (χ0) is 20.3. The fourth-order valence-electron chi connectivity index (χ4n) is 2.97. The lowest BCUT2D eigenvalue weighted by Gasteiger charge is -2.33. The lowest BCUT2D eigenvalue weighted by molar-refractivity contribution is -0.147. The first-order valence-electron chi connectivity index (χ1n) is 9.28. The van der Waals surface area contributed by atoms with Gasteiger partial charge in [0.25, 0.3) is 5.91 Å². The molecule has 28 heavy (non-hydrogen) atoms. The minimum Gasteiger partial charge on any atom is -0.350 e. The molecule has 1 saturated heterocycles. The number of hydrogen-bond acceptors (Lipinski definition) is 5. The summed E-state index contributed by atoms with van der Waals surface area (Å²) in [5, 5.41) is 6.57. The third kappa shape index (κ3) is 4.39. The van der Waals surface area contributed by atoms with Gasteiger partial charge in [0.1, 0.15) is 5.69 Å². The fraction of sp³-hybridized carbons (Fsp3) is 0.400. The van der Waals surface area contributed by atoms with Gasteiger partial charge in [-0.15, -0.1) is 0 Å². The number of aromatic nitrogens is 1. The fourth-order valence-corrected chi connectivity index (χ4v) is 2.97. The molecular formula is C20H24N4O4. The second-order valence-corrected chi connectivity index (χ2v) is 7.15. The minimum atomic E-state index is -0.618. The average Bonchev–Trinajstić information content (AvgIpc) is 3.17. The van der Waals surface area contributed by atoms with Gasteiger partial charge < -0.3 is 19.6 Å². The van der Waals surface area contributed by atoms with Crippen molar-refractivity contribution in [2.75, 3.05) is 26.2 Å². The molecule has 1 N–H and O–H groups in total. The van der Waals surface area contributed by atoms with Crippen LogP contribution in [0.4, 0.5) is 0 Å². The van der Waals surface area contributed by atoms with E-state index in [1.807, 2.05) is 31.2 Å². The summed E-state index contributed by atoms with van der Waals surface area (Å²) in [6.45, 7) is 6.86. The molecule has 0 spiro atoms. The third-order valence-corrected chi connectivity index (χ3v) is 4.54. The standard InChI is InChI=1S/C20H24N4O4/c1-13(2)21-18(25)20(27)24-10-8-23(9-11-24)19(26)17-12-16(22-28-17)15-6-4-14(3)5-7-15/h4-7,12-13H,8-11H2,1-3H3,(H,21,25). The van der Waals surface area contributed by atoms with Gasteiger partial charge in [0, 0.05) is 43.9 Å². The molecular weight excluding hydrogens is 360 g/mol. The maximum atomic E-state index is 12.7. The largest absolute Gasteiger partial charge is 0.350 e. The highest BCUT2D eigenvalue weighted by Gasteiger charge is 2.29. The van der Waals surface area contributed by atoms with E-state index in [1.54, 1.807) is 24.8 Å². The number of nitrogens with zero attached hydrogens (tertiary/aromatic N) is 3. The minimum absolute atomic E-state index is 0.103. The molecule has 1 aromatic heterocycles. The molecule has 3 rings (SSSR count). The third-order valence-electron chi connectivity index (χ3n) is 4.54. The zero-order valence-corrected chi connectivity index (χ0v) is 16.3. The molecule has 0 atom stereocenters. The molecule has 8 nitrogen and oxygen atoms in total. The predicted octanol–water partition coefficient (Wildman–Crippen LogP) is 1.46. The Labute approximate surface area is 163 Å². The maximum Gasteiger partial charge on any atom is 0.312 e. The molecule has 0 bridgehead atoms. The molecule has 1 aliphatic heterocycles. The Hall–Kier alpha value is -3.16. The second kappa shape index (κ2) is 8.24. The molecule has 1 aromatic carbocycles. The number of piperazine rings is 1. The molecule has 2 heterocycles. The summed E-state index contributed by atoms with van der Waals surface area (Å²) < 4.78 is 5.23. The first-order valence-corrected chi connectivity index (χ1v) is 9.28. The maximum absolute atomic E-state index is 12.7. The van der Waals surface area contributed by atoms with Crippen LogP contribution in [0.15, 0.2) is 34.9 Å². The van der Waals surface area contributed by atoms with Crippen LogP contribution in [-0.4, -0.2) is 64.9 Å². The summed E-state index contributed by atoms with van der Waals surface area (Å²) >= 11 is 0. The number of rotatable bonds is 3. The van der Waals surface area contributed by atoms with E-state index in [-0.39, 0.29) is 17.7 Å². The lowest BCUT2D eigenvalue weighted by atomic mass is 10.1. The zero-order valence-electron chi connectivity index (χ0n) is 16.3. The second-order valence-electron chi connectivity index (χ2n) is 7.15. The summed E-state index contributed by atoms with van der Waals surface area (Å²) in [6.07, 6.45) is 0. The highest BCUT2D eigenvalue weighted by Crippen LogP contribution is 2.20. The summed E-state index contributed by atoms with van der Waals surface area (Å²) in [5.41, 5.74) is 2.61. The van der Waals surface area contributed by atoms with Crippen LogP contribution in [0, 0.1) is 6.92 Å². The van der Waals surface area contributed by atoms with Crippen LogP contribution in [0.2, 0.25) is 0 Å². The van der Waals surface area contributed by atoms with E-state index in [2.05, 4.69) is 10.5 Å². The normalized spacial score (nSPS) is 14.3. The van der Waals surface area contributed by atoms with E-state index >= 15 is 0 Å². The van der Waals surface area contributed by atoms with Gasteiger partial charge in [0.05, 0.1) is 0 Å². The van der Waals surface area contributed by atoms with Gasteiger partial charge in [-0.1, -0.05) is 35.0 Å². The Kier molecular flexibility index (Phi) is 5.77. The Morgan fingerprint density at radius 2 is 1.64 bits per heavy atom. The molecule has 1 fully saturated rings. The summed E-state index contributed by atoms with van der Waals surface area (Å²) in [5.74, 6) is -1.30. The van der Waals surface area contributed by atoms with Crippen molar-refractivity contribution in [2.24, 2.45) is 0 Å². The van der Waals surface area contributed by atoms with Crippen molar-refractivity contribution in [3.8, 4) is 11.3 Å². The average molecular weight is 384 g/mol. The monoisotopic (exact) mass is 384 g/mol. The van der Waals surface area contributed by atoms with Crippen LogP contribution in [0.3, 0.4) is 0 Å². The summed E-state index contributed by atoms with van der Waals surface area (Å²) in [4.78, 5) is 39.7. The molecule has 8 heteroatoms. The molecule has 0 radical (unpaired) electrons. The van der Waals surface area contributed by atoms with Gasteiger partial charge >= 0.3 is 11.8 Å².